The topological polar surface area (TPSA) is 21.8 Å². The van der Waals surface area contributed by atoms with Crippen LogP contribution in [0.3, 0.4) is 0 Å². The fourth-order valence-electron chi connectivity index (χ4n) is 1.04. The molecule has 0 unspecified atom stereocenters. The zero-order valence-corrected chi connectivity index (χ0v) is 11.0. The van der Waals surface area contributed by atoms with Crippen molar-refractivity contribution in [3.05, 3.63) is 12.7 Å². The van der Waals surface area contributed by atoms with Crippen LogP contribution in [0.1, 0.15) is 20.8 Å². The molecule has 1 aliphatic heterocycles. The summed E-state index contributed by atoms with van der Waals surface area (Å²) < 4.78 is 11.4. The van der Waals surface area contributed by atoms with Crippen LogP contribution in [0.4, 0.5) is 0 Å². The van der Waals surface area contributed by atoms with E-state index in [0.29, 0.717) is 0 Å². The Morgan fingerprint density at radius 1 is 1.50 bits per heavy atom. The van der Waals surface area contributed by atoms with Gasteiger partial charge in [0, 0.05) is 0 Å². The number of hydrogen-bond acceptors (Lipinski definition) is 2. The van der Waals surface area contributed by atoms with Gasteiger partial charge in [0.05, 0.1) is 12.7 Å². The van der Waals surface area contributed by atoms with Crippen molar-refractivity contribution in [3.8, 4) is 0 Å². The molecular weight excluding hydrogens is 192 g/mol. The van der Waals surface area contributed by atoms with Crippen molar-refractivity contribution >= 4 is 8.32 Å². The fraction of sp³-hybridized carbons (Fsp3) is 0.818. The first-order valence-corrected chi connectivity index (χ1v) is 8.11. The number of ether oxygens (including phenoxy) is 1. The highest BCUT2D eigenvalue weighted by atomic mass is 28.4. The largest absolute Gasteiger partial charge is 0.408 e. The van der Waals surface area contributed by atoms with Gasteiger partial charge in [-0.15, -0.1) is 6.58 Å². The highest BCUT2D eigenvalue weighted by Gasteiger charge is 2.42. The predicted octanol–water partition coefficient (Wildman–Crippen LogP) is 2.96. The van der Waals surface area contributed by atoms with Crippen LogP contribution in [0.25, 0.3) is 0 Å². The van der Waals surface area contributed by atoms with Gasteiger partial charge in [-0.05, 0) is 18.1 Å². The van der Waals surface area contributed by atoms with E-state index in [2.05, 4.69) is 40.4 Å². The van der Waals surface area contributed by atoms with Crippen LogP contribution in [-0.4, -0.2) is 27.1 Å². The van der Waals surface area contributed by atoms with Crippen molar-refractivity contribution in [2.75, 3.05) is 6.61 Å². The van der Waals surface area contributed by atoms with Crippen molar-refractivity contribution in [3.63, 3.8) is 0 Å². The summed E-state index contributed by atoms with van der Waals surface area (Å²) in [5, 5.41) is 0.253. The Morgan fingerprint density at radius 2 is 2.00 bits per heavy atom. The molecular formula is C11H22O2Si. The molecule has 0 aromatic carbocycles. The molecule has 0 saturated carbocycles. The summed E-state index contributed by atoms with van der Waals surface area (Å²) in [6.07, 6.45) is 2.23. The molecule has 0 aromatic heterocycles. The van der Waals surface area contributed by atoms with E-state index in [1.165, 1.54) is 0 Å². The number of epoxide rings is 1. The lowest BCUT2D eigenvalue weighted by Crippen LogP contribution is -2.44. The average molecular weight is 214 g/mol. The first-order valence-electron chi connectivity index (χ1n) is 5.20. The minimum absolute atomic E-state index is 0.0934. The van der Waals surface area contributed by atoms with Crippen molar-refractivity contribution in [2.45, 2.75) is 51.1 Å². The van der Waals surface area contributed by atoms with Crippen LogP contribution in [0, 0.1) is 0 Å². The van der Waals surface area contributed by atoms with E-state index >= 15 is 0 Å². The van der Waals surface area contributed by atoms with Gasteiger partial charge in [-0.2, -0.15) is 0 Å². The van der Waals surface area contributed by atoms with Crippen molar-refractivity contribution < 1.29 is 9.16 Å². The van der Waals surface area contributed by atoms with Crippen LogP contribution in [0.5, 0.6) is 0 Å². The van der Waals surface area contributed by atoms with E-state index in [1.54, 1.807) is 0 Å². The molecule has 82 valence electrons. The molecule has 0 amide bonds. The smallest absolute Gasteiger partial charge is 0.193 e. The Bertz CT molecular complexity index is 214. The predicted molar refractivity (Wildman–Crippen MR) is 62.0 cm³/mol. The van der Waals surface area contributed by atoms with Crippen LogP contribution >= 0.6 is 0 Å². The Labute approximate surface area is 88.4 Å². The van der Waals surface area contributed by atoms with Gasteiger partial charge in [0.1, 0.15) is 6.10 Å². The molecule has 0 aliphatic carbocycles. The highest BCUT2D eigenvalue weighted by Crippen LogP contribution is 2.38. The molecule has 1 aliphatic rings. The van der Waals surface area contributed by atoms with E-state index in [9.17, 15) is 0 Å². The van der Waals surface area contributed by atoms with Crippen LogP contribution < -0.4 is 0 Å². The molecule has 1 heterocycles. The average Bonchev–Trinajstić information content (AvgIpc) is 2.80. The Morgan fingerprint density at radius 3 is 2.29 bits per heavy atom. The second kappa shape index (κ2) is 3.80. The standard InChI is InChI=1S/C11H22O2Si/c1-7-9(10-8-12-10)13-14(5,6)11(2,3)4/h7,9-10H,1,8H2,2-6H3/t9-,10+/m0/s1. The van der Waals surface area contributed by atoms with Gasteiger partial charge in [-0.25, -0.2) is 0 Å². The molecule has 0 aromatic rings. The number of hydrogen-bond donors (Lipinski definition) is 0. The van der Waals surface area contributed by atoms with E-state index in [1.807, 2.05) is 6.08 Å². The lowest BCUT2D eigenvalue weighted by molar-refractivity contribution is 0.183. The maximum Gasteiger partial charge on any atom is 0.193 e. The molecule has 0 spiro atoms. The lowest BCUT2D eigenvalue weighted by atomic mass is 10.2. The molecule has 1 fully saturated rings. The van der Waals surface area contributed by atoms with Gasteiger partial charge >= 0.3 is 0 Å². The first-order chi connectivity index (χ1) is 6.28. The van der Waals surface area contributed by atoms with Crippen molar-refractivity contribution in [1.82, 2.24) is 0 Å². The SMILES string of the molecule is C=C[C@H](O[Si](C)(C)C(C)(C)C)[C@H]1CO1. The summed E-state index contributed by atoms with van der Waals surface area (Å²) in [4.78, 5) is 0. The Hall–Kier alpha value is -0.123. The van der Waals surface area contributed by atoms with E-state index < -0.39 is 8.32 Å². The molecule has 1 saturated heterocycles. The Kier molecular flexibility index (Phi) is 3.24. The second-order valence-electron chi connectivity index (χ2n) is 5.45. The summed E-state index contributed by atoms with van der Waals surface area (Å²) in [6.45, 7) is 15.9. The zero-order valence-electron chi connectivity index (χ0n) is 9.96. The molecule has 0 bridgehead atoms. The normalized spacial score (nSPS) is 24.5. The summed E-state index contributed by atoms with van der Waals surface area (Å²) >= 11 is 0. The van der Waals surface area contributed by atoms with Gasteiger partial charge in [-0.3, -0.25) is 0 Å². The van der Waals surface area contributed by atoms with Crippen LogP contribution in [-0.2, 0) is 9.16 Å². The molecule has 2 atom stereocenters. The molecule has 2 nitrogen and oxygen atoms in total. The number of rotatable bonds is 4. The lowest BCUT2D eigenvalue weighted by Gasteiger charge is -2.38. The minimum Gasteiger partial charge on any atom is -0.408 e. The third-order valence-electron chi connectivity index (χ3n) is 3.19. The van der Waals surface area contributed by atoms with Crippen molar-refractivity contribution in [2.24, 2.45) is 0 Å². The maximum absolute atomic E-state index is 6.17. The quantitative estimate of drug-likeness (QED) is 0.408. The van der Waals surface area contributed by atoms with E-state index in [-0.39, 0.29) is 17.2 Å². The monoisotopic (exact) mass is 214 g/mol. The zero-order chi connectivity index (χ0) is 11.0. The maximum atomic E-state index is 6.17. The molecule has 1 rings (SSSR count). The second-order valence-corrected chi connectivity index (χ2v) is 10.2. The van der Waals surface area contributed by atoms with Crippen LogP contribution in [0.2, 0.25) is 18.1 Å². The minimum atomic E-state index is -1.66. The summed E-state index contributed by atoms with van der Waals surface area (Å²) in [7, 11) is -1.66. The fourth-order valence-corrected chi connectivity index (χ4v) is 2.32. The molecule has 14 heavy (non-hydrogen) atoms. The Balaban J connectivity index is 2.60. The summed E-state index contributed by atoms with van der Waals surface area (Å²) in [5.74, 6) is 0. The molecule has 0 radical (unpaired) electrons. The van der Waals surface area contributed by atoms with Gasteiger partial charge in [0.2, 0.25) is 0 Å². The third-order valence-corrected chi connectivity index (χ3v) is 7.67. The third kappa shape index (κ3) is 2.68. The van der Waals surface area contributed by atoms with Gasteiger partial charge in [0.15, 0.2) is 8.32 Å². The summed E-state index contributed by atoms with van der Waals surface area (Å²) in [5.41, 5.74) is 0. The van der Waals surface area contributed by atoms with Crippen LogP contribution in [0.15, 0.2) is 12.7 Å². The van der Waals surface area contributed by atoms with E-state index in [0.717, 1.165) is 6.61 Å². The highest BCUT2D eigenvalue weighted by molar-refractivity contribution is 6.74. The van der Waals surface area contributed by atoms with Gasteiger partial charge in [-0.1, -0.05) is 26.8 Å². The molecule has 3 heteroatoms. The first kappa shape index (κ1) is 11.9. The van der Waals surface area contributed by atoms with Gasteiger partial charge in [0.25, 0.3) is 0 Å². The molecule has 0 N–H and O–H groups in total. The van der Waals surface area contributed by atoms with Gasteiger partial charge < -0.3 is 9.16 Å². The summed E-state index contributed by atoms with van der Waals surface area (Å²) in [6, 6.07) is 0. The van der Waals surface area contributed by atoms with Crippen molar-refractivity contribution in [1.29, 1.82) is 0 Å². The van der Waals surface area contributed by atoms with E-state index in [4.69, 9.17) is 9.16 Å².